The predicted molar refractivity (Wildman–Crippen MR) is 51.3 cm³/mol. The van der Waals surface area contributed by atoms with Crippen molar-refractivity contribution in [2.24, 2.45) is 10.4 Å². The number of nitrogens with zero attached hydrogens (tertiary/aromatic N) is 1. The van der Waals surface area contributed by atoms with Crippen molar-refractivity contribution < 1.29 is 9.50 Å². The fraction of sp³-hybridized carbons (Fsp3) is 0.700. The van der Waals surface area contributed by atoms with Crippen LogP contribution < -0.4 is 0 Å². The first-order chi connectivity index (χ1) is 5.82. The summed E-state index contributed by atoms with van der Waals surface area (Å²) < 4.78 is 13.2. The van der Waals surface area contributed by atoms with Crippen molar-refractivity contribution in [3.05, 3.63) is 11.5 Å². The summed E-state index contributed by atoms with van der Waals surface area (Å²) in [6.07, 6.45) is -0.268. The molecule has 0 spiro atoms. The molecule has 13 heavy (non-hydrogen) atoms. The standard InChI is InChI=1S/C10H16FNO/c1-6(13)7-5-8(10(2,3)4)12-9(7)11/h6,13H,5H2,1-4H3/t6-/m1/s1. The highest BCUT2D eigenvalue weighted by molar-refractivity contribution is 5.94. The van der Waals surface area contributed by atoms with Gasteiger partial charge in [0, 0.05) is 23.1 Å². The van der Waals surface area contributed by atoms with E-state index in [1.165, 1.54) is 0 Å². The molecule has 3 heteroatoms. The van der Waals surface area contributed by atoms with Crippen LogP contribution in [0.2, 0.25) is 0 Å². The zero-order chi connectivity index (χ0) is 10.2. The van der Waals surface area contributed by atoms with Gasteiger partial charge in [0.1, 0.15) is 0 Å². The zero-order valence-electron chi connectivity index (χ0n) is 8.56. The van der Waals surface area contributed by atoms with Gasteiger partial charge >= 0.3 is 0 Å². The second-order valence-electron chi connectivity index (χ2n) is 4.48. The summed E-state index contributed by atoms with van der Waals surface area (Å²) in [6, 6.07) is 0. The van der Waals surface area contributed by atoms with Crippen molar-refractivity contribution in [3.8, 4) is 0 Å². The molecule has 0 aromatic carbocycles. The molecule has 0 aliphatic carbocycles. The second-order valence-corrected chi connectivity index (χ2v) is 4.48. The third-order valence-electron chi connectivity index (χ3n) is 2.23. The number of aliphatic imine (C=N–C) groups is 1. The van der Waals surface area contributed by atoms with E-state index in [2.05, 4.69) is 4.99 Å². The minimum Gasteiger partial charge on any atom is -0.389 e. The largest absolute Gasteiger partial charge is 0.389 e. The smallest absolute Gasteiger partial charge is 0.214 e. The number of aliphatic hydroxyl groups excluding tert-OH is 1. The van der Waals surface area contributed by atoms with E-state index in [4.69, 9.17) is 0 Å². The van der Waals surface area contributed by atoms with Crippen LogP contribution in [0.15, 0.2) is 16.5 Å². The Morgan fingerprint density at radius 3 is 2.23 bits per heavy atom. The van der Waals surface area contributed by atoms with Crippen LogP contribution in [0, 0.1) is 5.41 Å². The maximum Gasteiger partial charge on any atom is 0.214 e. The van der Waals surface area contributed by atoms with Gasteiger partial charge in [-0.1, -0.05) is 20.8 Å². The Balaban J connectivity index is 2.82. The monoisotopic (exact) mass is 185 g/mol. The number of rotatable bonds is 1. The lowest BCUT2D eigenvalue weighted by atomic mass is 9.86. The number of hydrogen-bond acceptors (Lipinski definition) is 2. The molecule has 0 aromatic rings. The lowest BCUT2D eigenvalue weighted by Gasteiger charge is -2.18. The van der Waals surface area contributed by atoms with Crippen LogP contribution in [0.1, 0.15) is 34.1 Å². The molecule has 0 saturated heterocycles. The molecule has 0 fully saturated rings. The molecular weight excluding hydrogens is 169 g/mol. The quantitative estimate of drug-likeness (QED) is 0.625. The maximum atomic E-state index is 13.2. The molecule has 1 atom stereocenters. The Kier molecular flexibility index (Phi) is 2.57. The Morgan fingerprint density at radius 1 is 1.46 bits per heavy atom. The molecule has 0 radical (unpaired) electrons. The van der Waals surface area contributed by atoms with Crippen LogP contribution in [0.4, 0.5) is 4.39 Å². The number of halogens is 1. The lowest BCUT2D eigenvalue weighted by molar-refractivity contribution is 0.226. The number of aliphatic hydroxyl groups is 1. The van der Waals surface area contributed by atoms with Gasteiger partial charge in [0.25, 0.3) is 0 Å². The van der Waals surface area contributed by atoms with Crippen LogP contribution in [0.5, 0.6) is 0 Å². The van der Waals surface area contributed by atoms with Crippen molar-refractivity contribution in [3.63, 3.8) is 0 Å². The summed E-state index contributed by atoms with van der Waals surface area (Å²) in [5.41, 5.74) is 1.10. The molecular formula is C10H16FNO. The summed E-state index contributed by atoms with van der Waals surface area (Å²) in [5, 5.41) is 9.23. The lowest BCUT2D eigenvalue weighted by Crippen LogP contribution is -2.20. The summed E-state index contributed by atoms with van der Waals surface area (Å²) in [7, 11) is 0. The van der Waals surface area contributed by atoms with Gasteiger partial charge in [0.15, 0.2) is 0 Å². The van der Waals surface area contributed by atoms with E-state index >= 15 is 0 Å². The van der Waals surface area contributed by atoms with Crippen LogP contribution in [-0.4, -0.2) is 16.9 Å². The molecule has 1 aliphatic heterocycles. The van der Waals surface area contributed by atoms with Crippen molar-refractivity contribution in [1.82, 2.24) is 0 Å². The van der Waals surface area contributed by atoms with E-state index in [0.29, 0.717) is 12.0 Å². The van der Waals surface area contributed by atoms with Crippen molar-refractivity contribution in [2.75, 3.05) is 0 Å². The number of hydrogen-bond donors (Lipinski definition) is 1. The first-order valence-electron chi connectivity index (χ1n) is 4.47. The first-order valence-corrected chi connectivity index (χ1v) is 4.47. The Hall–Kier alpha value is -0.700. The Labute approximate surface area is 78.2 Å². The van der Waals surface area contributed by atoms with Crippen LogP contribution in [-0.2, 0) is 0 Å². The van der Waals surface area contributed by atoms with E-state index in [1.807, 2.05) is 20.8 Å². The molecule has 0 amide bonds. The summed E-state index contributed by atoms with van der Waals surface area (Å²) >= 11 is 0. The summed E-state index contributed by atoms with van der Waals surface area (Å²) in [6.45, 7) is 7.54. The molecule has 1 heterocycles. The molecule has 0 saturated carbocycles. The Bertz CT molecular complexity index is 271. The normalized spacial score (nSPS) is 20.6. The van der Waals surface area contributed by atoms with Crippen molar-refractivity contribution in [1.29, 1.82) is 0 Å². The van der Waals surface area contributed by atoms with Gasteiger partial charge in [-0.05, 0) is 6.92 Å². The Morgan fingerprint density at radius 2 is 2.00 bits per heavy atom. The maximum absolute atomic E-state index is 13.2. The molecule has 74 valence electrons. The highest BCUT2D eigenvalue weighted by Crippen LogP contribution is 2.31. The van der Waals surface area contributed by atoms with Crippen LogP contribution in [0.25, 0.3) is 0 Å². The molecule has 1 N–H and O–H groups in total. The molecule has 1 rings (SSSR count). The van der Waals surface area contributed by atoms with Crippen molar-refractivity contribution in [2.45, 2.75) is 40.2 Å². The van der Waals surface area contributed by atoms with Gasteiger partial charge in [-0.25, -0.2) is 4.99 Å². The molecule has 0 unspecified atom stereocenters. The molecule has 0 aromatic heterocycles. The average Bonchev–Trinajstić information content (AvgIpc) is 2.29. The van der Waals surface area contributed by atoms with E-state index in [9.17, 15) is 9.50 Å². The minimum atomic E-state index is -0.733. The van der Waals surface area contributed by atoms with E-state index in [1.54, 1.807) is 6.92 Å². The van der Waals surface area contributed by atoms with Gasteiger partial charge in [0.2, 0.25) is 5.95 Å². The van der Waals surface area contributed by atoms with E-state index in [0.717, 1.165) is 5.71 Å². The minimum absolute atomic E-state index is 0.117. The first kappa shape index (κ1) is 10.4. The molecule has 0 bridgehead atoms. The highest BCUT2D eigenvalue weighted by atomic mass is 19.1. The highest BCUT2D eigenvalue weighted by Gasteiger charge is 2.28. The third-order valence-corrected chi connectivity index (χ3v) is 2.23. The second kappa shape index (κ2) is 3.22. The average molecular weight is 185 g/mol. The van der Waals surface area contributed by atoms with E-state index < -0.39 is 12.1 Å². The SMILES string of the molecule is C[C@@H](O)C1=C(F)N=C(C(C)(C)C)C1. The van der Waals surface area contributed by atoms with Crippen molar-refractivity contribution >= 4 is 5.71 Å². The van der Waals surface area contributed by atoms with E-state index in [-0.39, 0.29) is 5.41 Å². The summed E-state index contributed by atoms with van der Waals surface area (Å²) in [4.78, 5) is 3.83. The molecule has 2 nitrogen and oxygen atoms in total. The van der Waals surface area contributed by atoms with Gasteiger partial charge in [0.05, 0.1) is 6.10 Å². The zero-order valence-corrected chi connectivity index (χ0v) is 8.56. The summed E-state index contributed by atoms with van der Waals surface area (Å²) in [5.74, 6) is -0.500. The fourth-order valence-corrected chi connectivity index (χ4v) is 1.24. The van der Waals surface area contributed by atoms with Gasteiger partial charge in [-0.2, -0.15) is 4.39 Å². The van der Waals surface area contributed by atoms with Crippen LogP contribution >= 0.6 is 0 Å². The van der Waals surface area contributed by atoms with Crippen LogP contribution in [0.3, 0.4) is 0 Å². The van der Waals surface area contributed by atoms with Gasteiger partial charge in [-0.15, -0.1) is 0 Å². The third kappa shape index (κ3) is 2.15. The fourth-order valence-electron chi connectivity index (χ4n) is 1.24. The topological polar surface area (TPSA) is 32.6 Å². The molecule has 1 aliphatic rings. The van der Waals surface area contributed by atoms with Gasteiger partial charge < -0.3 is 5.11 Å². The predicted octanol–water partition coefficient (Wildman–Crippen LogP) is 2.44. The van der Waals surface area contributed by atoms with Gasteiger partial charge in [-0.3, -0.25) is 0 Å².